The highest BCUT2D eigenvalue weighted by atomic mass is 15.2. The third kappa shape index (κ3) is 5.89. The van der Waals surface area contributed by atoms with Crippen LogP contribution in [0.5, 0.6) is 0 Å². The number of hydrogen-bond donors (Lipinski definition) is 3. The van der Waals surface area contributed by atoms with E-state index in [-0.39, 0.29) is 6.04 Å². The number of rotatable bonds is 4. The van der Waals surface area contributed by atoms with E-state index in [1.54, 1.807) is 0 Å². The van der Waals surface area contributed by atoms with Gasteiger partial charge in [0.15, 0.2) is 11.9 Å². The van der Waals surface area contributed by atoms with Gasteiger partial charge in [-0.05, 0) is 25.8 Å². The molecule has 0 unspecified atom stereocenters. The molecule has 1 aromatic carbocycles. The summed E-state index contributed by atoms with van der Waals surface area (Å²) >= 11 is 0. The van der Waals surface area contributed by atoms with Crippen LogP contribution in [0, 0.1) is 0 Å². The molecule has 0 spiro atoms. The van der Waals surface area contributed by atoms with Crippen molar-refractivity contribution in [2.45, 2.75) is 26.3 Å². The van der Waals surface area contributed by atoms with Crippen molar-refractivity contribution in [3.63, 3.8) is 0 Å². The largest absolute Gasteiger partial charge is 0.370 e. The molecule has 0 heterocycles. The number of aliphatic imine (C=N–C) groups is 2. The van der Waals surface area contributed by atoms with E-state index in [4.69, 9.17) is 11.5 Å². The molecule has 0 amide bonds. The van der Waals surface area contributed by atoms with Gasteiger partial charge >= 0.3 is 0 Å². The zero-order chi connectivity index (χ0) is 13.4. The monoisotopic (exact) mass is 247 g/mol. The lowest BCUT2D eigenvalue weighted by Crippen LogP contribution is -2.42. The van der Waals surface area contributed by atoms with E-state index in [0.29, 0.717) is 18.5 Å². The molecule has 18 heavy (non-hydrogen) atoms. The molecule has 0 saturated heterocycles. The first kappa shape index (κ1) is 14.0. The molecule has 0 aliphatic rings. The zero-order valence-electron chi connectivity index (χ0n) is 10.9. The fourth-order valence-electron chi connectivity index (χ4n) is 1.43. The minimum absolute atomic E-state index is 0.134. The fourth-order valence-corrected chi connectivity index (χ4v) is 1.43. The lowest BCUT2D eigenvalue weighted by molar-refractivity contribution is 0.826. The van der Waals surface area contributed by atoms with Crippen LogP contribution in [-0.2, 0) is 6.42 Å². The van der Waals surface area contributed by atoms with E-state index in [0.717, 1.165) is 6.42 Å². The van der Waals surface area contributed by atoms with Crippen LogP contribution in [0.2, 0.25) is 0 Å². The first-order valence-electron chi connectivity index (χ1n) is 6.02. The molecule has 1 rings (SSSR count). The average molecular weight is 247 g/mol. The predicted octanol–water partition coefficient (Wildman–Crippen LogP) is 0.857. The van der Waals surface area contributed by atoms with Crippen molar-refractivity contribution in [3.8, 4) is 0 Å². The van der Waals surface area contributed by atoms with E-state index in [9.17, 15) is 0 Å². The number of nitrogens with zero attached hydrogens (tertiary/aromatic N) is 2. The molecule has 0 radical (unpaired) electrons. The number of nitrogens with one attached hydrogen (secondary N) is 1. The molecule has 0 aliphatic carbocycles. The van der Waals surface area contributed by atoms with Crippen LogP contribution in [0.4, 0.5) is 0 Å². The van der Waals surface area contributed by atoms with Crippen LogP contribution >= 0.6 is 0 Å². The highest BCUT2D eigenvalue weighted by Gasteiger charge is 1.96. The summed E-state index contributed by atoms with van der Waals surface area (Å²) in [5.74, 6) is 0.596. The molecular weight excluding hydrogens is 226 g/mol. The van der Waals surface area contributed by atoms with Crippen LogP contribution in [0.1, 0.15) is 19.4 Å². The summed E-state index contributed by atoms with van der Waals surface area (Å²) in [4.78, 5) is 8.30. The van der Waals surface area contributed by atoms with Gasteiger partial charge in [0.25, 0.3) is 0 Å². The molecule has 5 N–H and O–H groups in total. The van der Waals surface area contributed by atoms with Gasteiger partial charge in [-0.3, -0.25) is 15.3 Å². The Morgan fingerprint density at radius 3 is 2.44 bits per heavy atom. The first-order valence-corrected chi connectivity index (χ1v) is 6.02. The highest BCUT2D eigenvalue weighted by molar-refractivity contribution is 5.97. The molecule has 0 atom stereocenters. The second kappa shape index (κ2) is 7.32. The van der Waals surface area contributed by atoms with Crippen LogP contribution in [0.25, 0.3) is 0 Å². The van der Waals surface area contributed by atoms with Crippen molar-refractivity contribution in [2.75, 3.05) is 6.54 Å². The van der Waals surface area contributed by atoms with E-state index in [2.05, 4.69) is 27.4 Å². The van der Waals surface area contributed by atoms with Crippen molar-refractivity contribution < 1.29 is 0 Å². The van der Waals surface area contributed by atoms with E-state index < -0.39 is 0 Å². The van der Waals surface area contributed by atoms with Crippen molar-refractivity contribution in [2.24, 2.45) is 21.5 Å². The normalized spacial score (nSPS) is 12.8. The van der Waals surface area contributed by atoms with E-state index >= 15 is 0 Å². The SMILES string of the molecule is CC(C)N=C(N)NC(N)=NCCc1ccccc1. The summed E-state index contributed by atoms with van der Waals surface area (Å²) in [5, 5.41) is 2.75. The minimum atomic E-state index is 0.134. The minimum Gasteiger partial charge on any atom is -0.370 e. The van der Waals surface area contributed by atoms with Crippen molar-refractivity contribution in [1.82, 2.24) is 5.32 Å². The van der Waals surface area contributed by atoms with Crippen LogP contribution in [0.15, 0.2) is 40.3 Å². The quantitative estimate of drug-likeness (QED) is 0.544. The van der Waals surface area contributed by atoms with Gasteiger partial charge in [-0.25, -0.2) is 0 Å². The zero-order valence-corrected chi connectivity index (χ0v) is 10.9. The summed E-state index contributed by atoms with van der Waals surface area (Å²) in [7, 11) is 0. The molecule has 5 nitrogen and oxygen atoms in total. The van der Waals surface area contributed by atoms with Gasteiger partial charge in [-0.1, -0.05) is 30.3 Å². The Morgan fingerprint density at radius 2 is 1.83 bits per heavy atom. The molecule has 1 aromatic rings. The van der Waals surface area contributed by atoms with Crippen LogP contribution in [-0.4, -0.2) is 24.5 Å². The molecule has 0 aliphatic heterocycles. The summed E-state index contributed by atoms with van der Waals surface area (Å²) in [6.45, 7) is 4.51. The van der Waals surface area contributed by atoms with Gasteiger partial charge in [0.05, 0.1) is 0 Å². The Labute approximate surface area is 108 Å². The van der Waals surface area contributed by atoms with Crippen LogP contribution < -0.4 is 16.8 Å². The topological polar surface area (TPSA) is 88.8 Å². The van der Waals surface area contributed by atoms with Crippen molar-refractivity contribution >= 4 is 11.9 Å². The van der Waals surface area contributed by atoms with E-state index in [1.807, 2.05) is 32.0 Å². The van der Waals surface area contributed by atoms with Crippen molar-refractivity contribution in [3.05, 3.63) is 35.9 Å². The maximum absolute atomic E-state index is 5.69. The lowest BCUT2D eigenvalue weighted by Gasteiger charge is -2.06. The summed E-state index contributed by atoms with van der Waals surface area (Å²) < 4.78 is 0. The molecule has 5 heteroatoms. The predicted molar refractivity (Wildman–Crippen MR) is 76.5 cm³/mol. The highest BCUT2D eigenvalue weighted by Crippen LogP contribution is 1.99. The summed E-state index contributed by atoms with van der Waals surface area (Å²) in [6, 6.07) is 10.3. The summed E-state index contributed by atoms with van der Waals surface area (Å²) in [5.41, 5.74) is 12.6. The van der Waals surface area contributed by atoms with Crippen molar-refractivity contribution in [1.29, 1.82) is 0 Å². The van der Waals surface area contributed by atoms with Gasteiger partial charge in [0.2, 0.25) is 0 Å². The Morgan fingerprint density at radius 1 is 1.17 bits per heavy atom. The molecular formula is C13H21N5. The smallest absolute Gasteiger partial charge is 0.195 e. The average Bonchev–Trinajstić information content (AvgIpc) is 2.29. The standard InChI is InChI=1S/C13H21N5/c1-10(2)17-13(15)18-12(14)16-9-8-11-6-4-3-5-7-11/h3-7,10H,8-9H2,1-2H3,(H5,14,15,16,17,18). The third-order valence-corrected chi connectivity index (χ3v) is 2.18. The molecule has 98 valence electrons. The lowest BCUT2D eigenvalue weighted by atomic mass is 10.2. The van der Waals surface area contributed by atoms with Crippen LogP contribution in [0.3, 0.4) is 0 Å². The maximum atomic E-state index is 5.69. The Hall–Kier alpha value is -2.04. The van der Waals surface area contributed by atoms with Gasteiger partial charge in [-0.2, -0.15) is 0 Å². The Bertz CT molecular complexity index is 409. The second-order valence-electron chi connectivity index (χ2n) is 4.24. The fraction of sp³-hybridized carbons (Fsp3) is 0.385. The molecule has 0 bridgehead atoms. The van der Waals surface area contributed by atoms with Gasteiger partial charge in [0, 0.05) is 12.6 Å². The number of benzene rings is 1. The Kier molecular flexibility index (Phi) is 5.70. The molecule has 0 aromatic heterocycles. The first-order chi connectivity index (χ1) is 8.58. The molecule has 0 saturated carbocycles. The number of hydrogen-bond acceptors (Lipinski definition) is 2. The second-order valence-corrected chi connectivity index (χ2v) is 4.24. The third-order valence-electron chi connectivity index (χ3n) is 2.18. The number of guanidine groups is 2. The van der Waals surface area contributed by atoms with E-state index in [1.165, 1.54) is 5.56 Å². The Balaban J connectivity index is 2.38. The molecule has 0 fully saturated rings. The number of nitrogens with two attached hydrogens (primary N) is 2. The van der Waals surface area contributed by atoms with Gasteiger partial charge in [-0.15, -0.1) is 0 Å². The van der Waals surface area contributed by atoms with Gasteiger partial charge in [0.1, 0.15) is 0 Å². The summed E-state index contributed by atoms with van der Waals surface area (Å²) in [6.07, 6.45) is 0.852. The maximum Gasteiger partial charge on any atom is 0.195 e. The van der Waals surface area contributed by atoms with Gasteiger partial charge < -0.3 is 11.5 Å².